The van der Waals surface area contributed by atoms with E-state index < -0.39 is 0 Å². The summed E-state index contributed by atoms with van der Waals surface area (Å²) in [5.74, 6) is 0.686. The number of benzene rings is 1. The lowest BCUT2D eigenvalue weighted by Crippen LogP contribution is -1.97. The Morgan fingerprint density at radius 1 is 1.14 bits per heavy atom. The van der Waals surface area contributed by atoms with E-state index in [0.29, 0.717) is 10.7 Å². The molecule has 0 saturated heterocycles. The molecule has 0 aliphatic carbocycles. The highest BCUT2D eigenvalue weighted by Crippen LogP contribution is 2.19. The molecule has 0 nitrogen and oxygen atoms in total. The number of alkyl halides is 1. The van der Waals surface area contributed by atoms with E-state index in [1.807, 2.05) is 0 Å². The third-order valence-electron chi connectivity index (χ3n) is 2.68. The van der Waals surface area contributed by atoms with Gasteiger partial charge in [-0.3, -0.25) is 0 Å². The first-order valence-electron chi connectivity index (χ1n) is 5.36. The highest BCUT2D eigenvalue weighted by atomic mass is 79.9. The summed E-state index contributed by atoms with van der Waals surface area (Å²) in [5, 5.41) is 0. The number of hydrogen-bond acceptors (Lipinski definition) is 0. The summed E-state index contributed by atoms with van der Waals surface area (Å²) in [6.45, 7) is 6.70. The van der Waals surface area contributed by atoms with E-state index >= 15 is 0 Å². The van der Waals surface area contributed by atoms with E-state index in [2.05, 4.69) is 61.0 Å². The van der Waals surface area contributed by atoms with Crippen LogP contribution in [0.4, 0.5) is 0 Å². The van der Waals surface area contributed by atoms with Gasteiger partial charge in [0.25, 0.3) is 0 Å². The molecule has 1 heteroatoms. The molecule has 0 aliphatic rings. The molecular weight excluding hydrogens is 236 g/mol. The van der Waals surface area contributed by atoms with Gasteiger partial charge in [-0.05, 0) is 29.9 Å². The van der Waals surface area contributed by atoms with Crippen molar-refractivity contribution in [2.45, 2.75) is 44.4 Å². The molecule has 78 valence electrons. The fourth-order valence-corrected chi connectivity index (χ4v) is 1.92. The van der Waals surface area contributed by atoms with Crippen LogP contribution in [0, 0.1) is 0 Å². The van der Waals surface area contributed by atoms with Gasteiger partial charge in [0, 0.05) is 4.83 Å². The van der Waals surface area contributed by atoms with Crippen molar-refractivity contribution in [3.05, 3.63) is 35.4 Å². The Morgan fingerprint density at radius 3 is 2.14 bits per heavy atom. The van der Waals surface area contributed by atoms with Crippen LogP contribution in [-0.4, -0.2) is 4.83 Å². The van der Waals surface area contributed by atoms with Crippen LogP contribution in [0.1, 0.15) is 44.2 Å². The lowest BCUT2D eigenvalue weighted by Gasteiger charge is -2.10. The Kier molecular flexibility index (Phi) is 4.67. The predicted molar refractivity (Wildman–Crippen MR) is 67.2 cm³/mol. The molecule has 0 radical (unpaired) electrons. The van der Waals surface area contributed by atoms with Crippen LogP contribution in [0.25, 0.3) is 0 Å². The fourth-order valence-electron chi connectivity index (χ4n) is 1.54. The van der Waals surface area contributed by atoms with Crippen molar-refractivity contribution in [3.63, 3.8) is 0 Å². The average Bonchev–Trinajstić information content (AvgIpc) is 2.17. The van der Waals surface area contributed by atoms with Gasteiger partial charge >= 0.3 is 0 Å². The Bertz CT molecular complexity index is 261. The van der Waals surface area contributed by atoms with Gasteiger partial charge in [0.15, 0.2) is 0 Å². The SMILES string of the molecule is CCC(C)c1ccc(CC(C)Br)cc1. The van der Waals surface area contributed by atoms with Crippen molar-refractivity contribution in [2.75, 3.05) is 0 Å². The van der Waals surface area contributed by atoms with Crippen LogP contribution in [0.3, 0.4) is 0 Å². The van der Waals surface area contributed by atoms with E-state index in [-0.39, 0.29) is 0 Å². The summed E-state index contributed by atoms with van der Waals surface area (Å²) < 4.78 is 0. The summed E-state index contributed by atoms with van der Waals surface area (Å²) in [6.07, 6.45) is 2.33. The molecule has 2 unspecified atom stereocenters. The Balaban J connectivity index is 2.68. The smallest absolute Gasteiger partial charge is 0.0157 e. The van der Waals surface area contributed by atoms with E-state index in [4.69, 9.17) is 0 Å². The minimum Gasteiger partial charge on any atom is -0.0890 e. The second-order valence-electron chi connectivity index (χ2n) is 4.04. The van der Waals surface area contributed by atoms with Crippen LogP contribution in [0.2, 0.25) is 0 Å². The van der Waals surface area contributed by atoms with Gasteiger partial charge in [-0.1, -0.05) is 61.0 Å². The Hall–Kier alpha value is -0.300. The van der Waals surface area contributed by atoms with Crippen LogP contribution in [-0.2, 0) is 6.42 Å². The summed E-state index contributed by atoms with van der Waals surface area (Å²) in [4.78, 5) is 0.567. The van der Waals surface area contributed by atoms with Gasteiger partial charge in [-0.25, -0.2) is 0 Å². The number of halogens is 1. The van der Waals surface area contributed by atoms with Crippen molar-refractivity contribution in [1.29, 1.82) is 0 Å². The molecule has 0 bridgehead atoms. The van der Waals surface area contributed by atoms with Crippen molar-refractivity contribution in [3.8, 4) is 0 Å². The third kappa shape index (κ3) is 3.45. The van der Waals surface area contributed by atoms with Crippen molar-refractivity contribution >= 4 is 15.9 Å². The summed E-state index contributed by atoms with van der Waals surface area (Å²) >= 11 is 3.57. The normalized spacial score (nSPS) is 15.1. The second kappa shape index (κ2) is 5.55. The molecule has 2 atom stereocenters. The lowest BCUT2D eigenvalue weighted by molar-refractivity contribution is 0.733. The monoisotopic (exact) mass is 254 g/mol. The lowest BCUT2D eigenvalue weighted by atomic mass is 9.97. The molecule has 1 rings (SSSR count). The molecule has 0 spiro atoms. The van der Waals surface area contributed by atoms with E-state index in [9.17, 15) is 0 Å². The quantitative estimate of drug-likeness (QED) is 0.693. The van der Waals surface area contributed by atoms with E-state index in [1.54, 1.807) is 0 Å². The van der Waals surface area contributed by atoms with Crippen molar-refractivity contribution in [2.24, 2.45) is 0 Å². The van der Waals surface area contributed by atoms with Crippen LogP contribution in [0.5, 0.6) is 0 Å². The van der Waals surface area contributed by atoms with Crippen molar-refractivity contribution in [1.82, 2.24) is 0 Å². The fraction of sp³-hybridized carbons (Fsp3) is 0.538. The molecule has 0 aromatic heterocycles. The molecular formula is C13H19Br. The van der Waals surface area contributed by atoms with E-state index in [0.717, 1.165) is 6.42 Å². The maximum Gasteiger partial charge on any atom is 0.0157 e. The van der Waals surface area contributed by atoms with Gasteiger partial charge in [-0.2, -0.15) is 0 Å². The zero-order valence-corrected chi connectivity index (χ0v) is 10.8. The maximum atomic E-state index is 3.57. The van der Waals surface area contributed by atoms with Gasteiger partial charge in [-0.15, -0.1) is 0 Å². The first-order valence-corrected chi connectivity index (χ1v) is 6.28. The highest BCUT2D eigenvalue weighted by molar-refractivity contribution is 9.09. The summed E-state index contributed by atoms with van der Waals surface area (Å²) in [5.41, 5.74) is 2.87. The first-order chi connectivity index (χ1) is 6.63. The molecule has 0 N–H and O–H groups in total. The minimum absolute atomic E-state index is 0.567. The largest absolute Gasteiger partial charge is 0.0890 e. The van der Waals surface area contributed by atoms with Crippen LogP contribution >= 0.6 is 15.9 Å². The molecule has 0 fully saturated rings. The molecule has 0 aliphatic heterocycles. The highest BCUT2D eigenvalue weighted by Gasteiger charge is 2.03. The maximum absolute atomic E-state index is 3.57. The third-order valence-corrected chi connectivity index (χ3v) is 3.00. The predicted octanol–water partition coefficient (Wildman–Crippen LogP) is 4.53. The summed E-state index contributed by atoms with van der Waals surface area (Å²) in [6, 6.07) is 9.02. The minimum atomic E-state index is 0.567. The zero-order chi connectivity index (χ0) is 10.6. The number of rotatable bonds is 4. The molecule has 14 heavy (non-hydrogen) atoms. The zero-order valence-electron chi connectivity index (χ0n) is 9.26. The van der Waals surface area contributed by atoms with Gasteiger partial charge in [0.2, 0.25) is 0 Å². The standard InChI is InChI=1S/C13H19Br/c1-4-10(2)13-7-5-12(6-8-13)9-11(3)14/h5-8,10-11H,4,9H2,1-3H3. The average molecular weight is 255 g/mol. The van der Waals surface area contributed by atoms with E-state index in [1.165, 1.54) is 17.5 Å². The van der Waals surface area contributed by atoms with Gasteiger partial charge < -0.3 is 0 Å². The molecule has 1 aromatic rings. The van der Waals surface area contributed by atoms with Crippen LogP contribution in [0.15, 0.2) is 24.3 Å². The molecule has 0 saturated carbocycles. The molecule has 1 aromatic carbocycles. The topological polar surface area (TPSA) is 0 Å². The van der Waals surface area contributed by atoms with Gasteiger partial charge in [0.05, 0.1) is 0 Å². The first kappa shape index (κ1) is 11.8. The Morgan fingerprint density at radius 2 is 1.71 bits per heavy atom. The Labute approximate surface area is 95.9 Å². The second-order valence-corrected chi connectivity index (χ2v) is 5.60. The molecule has 0 amide bonds. The molecule has 0 heterocycles. The number of hydrogen-bond donors (Lipinski definition) is 0. The summed E-state index contributed by atoms with van der Waals surface area (Å²) in [7, 11) is 0. The van der Waals surface area contributed by atoms with Gasteiger partial charge in [0.1, 0.15) is 0 Å². The van der Waals surface area contributed by atoms with Crippen molar-refractivity contribution < 1.29 is 0 Å². The van der Waals surface area contributed by atoms with Crippen LogP contribution < -0.4 is 0 Å².